The van der Waals surface area contributed by atoms with E-state index in [1.807, 2.05) is 0 Å². The van der Waals surface area contributed by atoms with E-state index in [1.165, 1.54) is 4.90 Å². The number of rotatable bonds is 5. The van der Waals surface area contributed by atoms with Gasteiger partial charge in [-0.3, -0.25) is 9.59 Å². The van der Waals surface area contributed by atoms with Crippen LogP contribution in [0.5, 0.6) is 0 Å². The maximum Gasteiger partial charge on any atom is 0.410 e. The Kier molecular flexibility index (Phi) is 5.79. The minimum absolute atomic E-state index is 0.00768. The van der Waals surface area contributed by atoms with Crippen LogP contribution in [0.1, 0.15) is 24.0 Å². The molecule has 0 aliphatic carbocycles. The predicted molar refractivity (Wildman–Crippen MR) is 110 cm³/mol. The van der Waals surface area contributed by atoms with Crippen molar-refractivity contribution < 1.29 is 33.0 Å². The number of halogens is 2. The first-order valence-electron chi connectivity index (χ1n) is 10.1. The molecular weight excluding hydrogens is 424 g/mol. The second kappa shape index (κ2) is 8.54. The number of nitrogens with zero attached hydrogens (tertiary/aromatic N) is 1. The number of ether oxygens (including phenoxy) is 1. The van der Waals surface area contributed by atoms with Crippen molar-refractivity contribution in [2.75, 3.05) is 23.3 Å². The molecule has 1 saturated heterocycles. The number of benzene rings is 2. The smallest absolute Gasteiger partial charge is 0.407 e. The van der Waals surface area contributed by atoms with Crippen LogP contribution in [0, 0.1) is 11.6 Å². The second-order valence-corrected chi connectivity index (χ2v) is 7.72. The Morgan fingerprint density at radius 1 is 1.16 bits per heavy atom. The summed E-state index contributed by atoms with van der Waals surface area (Å²) in [6.07, 6.45) is -0.126. The topological polar surface area (TPSA) is 108 Å². The van der Waals surface area contributed by atoms with Crippen LogP contribution in [0.4, 0.5) is 25.0 Å². The third-order valence-corrected chi connectivity index (χ3v) is 5.42. The Labute approximate surface area is 182 Å². The van der Waals surface area contributed by atoms with Gasteiger partial charge in [0.05, 0.1) is 0 Å². The highest BCUT2D eigenvalue weighted by Gasteiger charge is 2.49. The van der Waals surface area contributed by atoms with Crippen LogP contribution >= 0.6 is 0 Å². The summed E-state index contributed by atoms with van der Waals surface area (Å²) < 4.78 is 31.4. The number of amides is 3. The summed E-state index contributed by atoms with van der Waals surface area (Å²) in [7, 11) is 0. The van der Waals surface area contributed by atoms with Crippen molar-refractivity contribution in [3.63, 3.8) is 0 Å². The van der Waals surface area contributed by atoms with Gasteiger partial charge >= 0.3 is 6.09 Å². The van der Waals surface area contributed by atoms with Crippen LogP contribution in [-0.2, 0) is 27.2 Å². The normalized spacial score (nSPS) is 20.0. The van der Waals surface area contributed by atoms with Gasteiger partial charge in [-0.15, -0.1) is 0 Å². The number of aliphatic hydroxyl groups is 1. The lowest BCUT2D eigenvalue weighted by Crippen LogP contribution is -2.46. The highest BCUT2D eigenvalue weighted by molar-refractivity contribution is 6.02. The molecule has 2 heterocycles. The Bertz CT molecular complexity index is 1070. The van der Waals surface area contributed by atoms with Crippen molar-refractivity contribution in [3.8, 4) is 0 Å². The van der Waals surface area contributed by atoms with Gasteiger partial charge in [-0.05, 0) is 54.3 Å². The molecule has 8 nitrogen and oxygen atoms in total. The first kappa shape index (κ1) is 21.7. The number of alkyl carbamates (subject to hydrolysis) is 1. The number of aryl methyl sites for hydroxylation is 1. The van der Waals surface area contributed by atoms with Gasteiger partial charge in [-0.25, -0.2) is 13.6 Å². The standard InChI is InChI=1S/C22H21F2N3O5/c23-15-9-13(10-16(24)12-15)5-7-25-21(30)32-22(31)6-8-27(20(22)29)17-2-3-18-14(11-17)1-4-19(28)26-18/h2-3,9-12,31H,1,4-8H2,(H,25,30)(H,26,28). The molecule has 3 amide bonds. The number of carbonyl (C=O) groups excluding carboxylic acids is 3. The average molecular weight is 445 g/mol. The van der Waals surface area contributed by atoms with Crippen molar-refractivity contribution in [3.05, 3.63) is 59.2 Å². The summed E-state index contributed by atoms with van der Waals surface area (Å²) >= 11 is 0. The maximum atomic E-state index is 13.2. The molecule has 168 valence electrons. The van der Waals surface area contributed by atoms with E-state index in [4.69, 9.17) is 4.74 Å². The van der Waals surface area contributed by atoms with Crippen molar-refractivity contribution in [1.82, 2.24) is 5.32 Å². The molecule has 32 heavy (non-hydrogen) atoms. The van der Waals surface area contributed by atoms with Crippen molar-refractivity contribution in [2.24, 2.45) is 0 Å². The number of hydrogen-bond acceptors (Lipinski definition) is 5. The fraction of sp³-hybridized carbons (Fsp3) is 0.318. The molecule has 0 saturated carbocycles. The van der Waals surface area contributed by atoms with Crippen LogP contribution in [0.2, 0.25) is 0 Å². The number of nitrogens with one attached hydrogen (secondary N) is 2. The van der Waals surface area contributed by atoms with Gasteiger partial charge in [0.2, 0.25) is 5.91 Å². The first-order valence-corrected chi connectivity index (χ1v) is 10.1. The molecule has 2 aromatic rings. The van der Waals surface area contributed by atoms with Gasteiger partial charge in [0, 0.05) is 43.4 Å². The molecule has 2 aromatic carbocycles. The lowest BCUT2D eigenvalue weighted by Gasteiger charge is -2.24. The van der Waals surface area contributed by atoms with Crippen molar-refractivity contribution in [1.29, 1.82) is 0 Å². The zero-order valence-electron chi connectivity index (χ0n) is 17.0. The Morgan fingerprint density at radius 2 is 1.91 bits per heavy atom. The number of hydrogen-bond donors (Lipinski definition) is 3. The van der Waals surface area contributed by atoms with Crippen LogP contribution in [0.25, 0.3) is 0 Å². The van der Waals surface area contributed by atoms with Gasteiger partial charge in [-0.2, -0.15) is 0 Å². The van der Waals surface area contributed by atoms with Gasteiger partial charge in [-0.1, -0.05) is 0 Å². The summed E-state index contributed by atoms with van der Waals surface area (Å²) in [5, 5.41) is 15.7. The zero-order chi connectivity index (χ0) is 22.9. The summed E-state index contributed by atoms with van der Waals surface area (Å²) in [5.74, 6) is -4.62. The average Bonchev–Trinajstić information content (AvgIpc) is 3.01. The summed E-state index contributed by atoms with van der Waals surface area (Å²) in [6, 6.07) is 8.13. The number of carbonyl (C=O) groups is 3. The minimum atomic E-state index is -2.32. The van der Waals surface area contributed by atoms with E-state index in [0.29, 0.717) is 29.8 Å². The summed E-state index contributed by atoms with van der Waals surface area (Å²) in [5.41, 5.74) is 2.42. The Balaban J connectivity index is 1.35. The highest BCUT2D eigenvalue weighted by Crippen LogP contribution is 2.33. The molecule has 0 radical (unpaired) electrons. The maximum absolute atomic E-state index is 13.2. The van der Waals surface area contributed by atoms with Gasteiger partial charge in [0.15, 0.2) is 0 Å². The third-order valence-electron chi connectivity index (χ3n) is 5.42. The Hall–Kier alpha value is -3.53. The van der Waals surface area contributed by atoms with E-state index in [2.05, 4.69) is 10.6 Å². The number of fused-ring (bicyclic) bond motifs is 1. The zero-order valence-corrected chi connectivity index (χ0v) is 17.0. The molecule has 10 heteroatoms. The molecule has 2 aliphatic rings. The van der Waals surface area contributed by atoms with E-state index >= 15 is 0 Å². The third kappa shape index (κ3) is 4.54. The summed E-state index contributed by atoms with van der Waals surface area (Å²) in [6.45, 7) is 0.128. The van der Waals surface area contributed by atoms with Crippen LogP contribution in [0.3, 0.4) is 0 Å². The van der Waals surface area contributed by atoms with E-state index < -0.39 is 29.4 Å². The molecule has 0 aromatic heterocycles. The molecule has 0 bridgehead atoms. The fourth-order valence-corrected chi connectivity index (χ4v) is 3.82. The largest absolute Gasteiger partial charge is 0.410 e. The van der Waals surface area contributed by atoms with E-state index in [0.717, 1.165) is 23.8 Å². The van der Waals surface area contributed by atoms with Crippen molar-refractivity contribution >= 4 is 29.3 Å². The van der Waals surface area contributed by atoms with Gasteiger partial charge in [0.1, 0.15) is 11.6 Å². The minimum Gasteiger partial charge on any atom is -0.407 e. The van der Waals surface area contributed by atoms with E-state index in [9.17, 15) is 28.3 Å². The molecule has 1 atom stereocenters. The molecular formula is C22H21F2N3O5. The molecule has 1 fully saturated rings. The van der Waals surface area contributed by atoms with Gasteiger partial charge < -0.3 is 25.4 Å². The summed E-state index contributed by atoms with van der Waals surface area (Å²) in [4.78, 5) is 37.7. The van der Waals surface area contributed by atoms with Crippen molar-refractivity contribution in [2.45, 2.75) is 31.5 Å². The van der Waals surface area contributed by atoms with Crippen LogP contribution < -0.4 is 15.5 Å². The molecule has 0 spiro atoms. The molecule has 2 aliphatic heterocycles. The van der Waals surface area contributed by atoms with Crippen LogP contribution in [0.15, 0.2) is 36.4 Å². The molecule has 4 rings (SSSR count). The quantitative estimate of drug-likeness (QED) is 0.612. The number of anilines is 2. The van der Waals surface area contributed by atoms with E-state index in [1.54, 1.807) is 18.2 Å². The first-order chi connectivity index (χ1) is 15.2. The lowest BCUT2D eigenvalue weighted by atomic mass is 10.0. The van der Waals surface area contributed by atoms with E-state index in [-0.39, 0.29) is 31.8 Å². The highest BCUT2D eigenvalue weighted by atomic mass is 19.1. The second-order valence-electron chi connectivity index (χ2n) is 7.72. The lowest BCUT2D eigenvalue weighted by molar-refractivity contribution is -0.175. The van der Waals surface area contributed by atoms with Crippen LogP contribution in [-0.4, -0.2) is 41.9 Å². The monoisotopic (exact) mass is 445 g/mol. The SMILES string of the molecule is O=C1CCc2cc(N3CCC(O)(OC(=O)NCCc4cc(F)cc(F)c4)C3=O)ccc2N1. The molecule has 3 N–H and O–H groups in total. The Morgan fingerprint density at radius 3 is 2.66 bits per heavy atom. The fourth-order valence-electron chi connectivity index (χ4n) is 3.82. The van der Waals surface area contributed by atoms with Gasteiger partial charge in [0.25, 0.3) is 11.7 Å². The predicted octanol–water partition coefficient (Wildman–Crippen LogP) is 2.24. The molecule has 1 unspecified atom stereocenters.